The van der Waals surface area contributed by atoms with Crippen molar-refractivity contribution in [1.82, 2.24) is 0 Å². The van der Waals surface area contributed by atoms with Crippen LogP contribution in [0.1, 0.15) is 6.42 Å². The van der Waals surface area contributed by atoms with Crippen molar-refractivity contribution < 1.29 is 19.8 Å². The Labute approximate surface area is 85.2 Å². The van der Waals surface area contributed by atoms with E-state index in [-0.39, 0.29) is 11.7 Å². The van der Waals surface area contributed by atoms with Crippen molar-refractivity contribution in [2.75, 3.05) is 0 Å². The minimum absolute atomic E-state index is 0.0244. The summed E-state index contributed by atoms with van der Waals surface area (Å²) in [5.41, 5.74) is 0. The molecule has 0 aromatic carbocycles. The molecular weight excluding hydrogens is 245 g/mol. The van der Waals surface area contributed by atoms with Gasteiger partial charge in [-0.05, 0) is 0 Å². The molecular formula is C9H10GeO4. The zero-order valence-corrected chi connectivity index (χ0v) is 9.53. The molecule has 0 amide bonds. The first-order valence-electron chi connectivity index (χ1n) is 4.10. The molecule has 1 aliphatic heterocycles. The Morgan fingerprint density at radius 2 is 1.93 bits per heavy atom. The number of hydrogen-bond acceptors (Lipinski definition) is 2. The zero-order chi connectivity index (χ0) is 10.6. The Kier molecular flexibility index (Phi) is 3.82. The molecule has 0 saturated heterocycles. The Morgan fingerprint density at radius 3 is 2.50 bits per heavy atom. The molecule has 0 bridgehead atoms. The van der Waals surface area contributed by atoms with E-state index in [1.165, 1.54) is 0 Å². The number of rotatable bonds is 4. The predicted octanol–water partition coefficient (Wildman–Crippen LogP) is 0.460. The fourth-order valence-corrected chi connectivity index (χ4v) is 5.25. The molecule has 0 atom stereocenters. The number of carboxylic acid groups (broad SMARTS) is 2. The summed E-state index contributed by atoms with van der Waals surface area (Å²) in [7, 11) is 0. The molecule has 1 rings (SSSR count). The quantitative estimate of drug-likeness (QED) is 0.715. The average molecular weight is 255 g/mol. The van der Waals surface area contributed by atoms with Gasteiger partial charge in [0.05, 0.1) is 0 Å². The molecule has 1 heterocycles. The van der Waals surface area contributed by atoms with Gasteiger partial charge in [0.2, 0.25) is 0 Å². The van der Waals surface area contributed by atoms with Crippen LogP contribution in [-0.4, -0.2) is 40.9 Å². The summed E-state index contributed by atoms with van der Waals surface area (Å²) in [6, 6.07) is 0. The molecule has 0 aromatic heterocycles. The molecule has 1 aliphatic rings. The summed E-state index contributed by atoms with van der Waals surface area (Å²) in [6.07, 6.45) is 5.29. The van der Waals surface area contributed by atoms with Gasteiger partial charge in [-0.3, -0.25) is 0 Å². The Hall–Kier alpha value is -1.17. The maximum absolute atomic E-state index is 10.5. The van der Waals surface area contributed by atoms with E-state index in [1.807, 2.05) is 10.9 Å². The van der Waals surface area contributed by atoms with Crippen molar-refractivity contribution in [2.45, 2.75) is 11.7 Å². The zero-order valence-electron chi connectivity index (χ0n) is 7.43. The number of carboxylic acids is 2. The number of aliphatic carboxylic acids is 2. The van der Waals surface area contributed by atoms with Crippen LogP contribution in [0.15, 0.2) is 22.6 Å². The van der Waals surface area contributed by atoms with Crippen LogP contribution >= 0.6 is 0 Å². The van der Waals surface area contributed by atoms with Crippen LogP contribution < -0.4 is 0 Å². The second kappa shape index (κ2) is 4.90. The molecule has 0 fully saturated rings. The normalized spacial score (nSPS) is 14.6. The second-order valence-corrected chi connectivity index (χ2v) is 7.90. The standard InChI is InChI=1S/C9H10GeO4/c11-8(12)5-7-3-1-2-4-10(7)6-9(13)14/h1-4H,5-6H2,(H,11,12)(H,13,14). The van der Waals surface area contributed by atoms with Crippen LogP contribution in [0.2, 0.25) is 5.25 Å². The fourth-order valence-electron chi connectivity index (χ4n) is 1.23. The van der Waals surface area contributed by atoms with E-state index in [9.17, 15) is 9.59 Å². The third-order valence-electron chi connectivity index (χ3n) is 1.80. The monoisotopic (exact) mass is 256 g/mol. The third kappa shape index (κ3) is 3.29. The predicted molar refractivity (Wildman–Crippen MR) is 53.7 cm³/mol. The Bertz CT molecular complexity index is 318. The van der Waals surface area contributed by atoms with Gasteiger partial charge in [0.1, 0.15) is 0 Å². The van der Waals surface area contributed by atoms with Crippen LogP contribution in [0.5, 0.6) is 0 Å². The van der Waals surface area contributed by atoms with Crippen LogP contribution in [0, 0.1) is 0 Å². The number of allylic oxidation sites excluding steroid dienone is 3. The van der Waals surface area contributed by atoms with E-state index in [2.05, 4.69) is 0 Å². The van der Waals surface area contributed by atoms with E-state index in [1.54, 1.807) is 12.2 Å². The van der Waals surface area contributed by atoms with Gasteiger partial charge in [0, 0.05) is 0 Å². The summed E-state index contributed by atoms with van der Waals surface area (Å²) in [5, 5.41) is 17.4. The van der Waals surface area contributed by atoms with E-state index in [4.69, 9.17) is 10.2 Å². The van der Waals surface area contributed by atoms with Crippen molar-refractivity contribution in [3.63, 3.8) is 0 Å². The van der Waals surface area contributed by atoms with E-state index < -0.39 is 25.8 Å². The van der Waals surface area contributed by atoms with Gasteiger partial charge < -0.3 is 0 Å². The SMILES string of the molecule is O=C(O)C[C]1=CC=C[CH]=[Ge]1[CH2]C(=O)O. The molecule has 14 heavy (non-hydrogen) atoms. The van der Waals surface area contributed by atoms with Crippen molar-refractivity contribution in [1.29, 1.82) is 0 Å². The summed E-state index contributed by atoms with van der Waals surface area (Å²) in [6.45, 7) is 0. The summed E-state index contributed by atoms with van der Waals surface area (Å²) >= 11 is -1.97. The minimum atomic E-state index is -1.97. The molecule has 0 spiro atoms. The van der Waals surface area contributed by atoms with Gasteiger partial charge in [0.15, 0.2) is 0 Å². The summed E-state index contributed by atoms with van der Waals surface area (Å²) < 4.78 is 0.808. The van der Waals surface area contributed by atoms with Gasteiger partial charge in [-0.2, -0.15) is 0 Å². The van der Waals surface area contributed by atoms with E-state index in [0.29, 0.717) is 0 Å². The molecule has 0 saturated carbocycles. The van der Waals surface area contributed by atoms with Crippen molar-refractivity contribution >= 4 is 30.7 Å². The molecule has 2 N–H and O–H groups in total. The van der Waals surface area contributed by atoms with Gasteiger partial charge in [0.25, 0.3) is 0 Å². The Balaban J connectivity index is 2.77. The van der Waals surface area contributed by atoms with E-state index in [0.717, 1.165) is 4.41 Å². The van der Waals surface area contributed by atoms with Crippen LogP contribution in [0.3, 0.4) is 0 Å². The van der Waals surface area contributed by atoms with Crippen LogP contribution in [-0.2, 0) is 9.59 Å². The van der Waals surface area contributed by atoms with Crippen molar-refractivity contribution in [2.24, 2.45) is 0 Å². The summed E-state index contributed by atoms with van der Waals surface area (Å²) in [5.74, 6) is -1.74. The number of carbonyl (C=O) groups is 2. The molecule has 0 radical (unpaired) electrons. The van der Waals surface area contributed by atoms with Gasteiger partial charge in [-0.15, -0.1) is 0 Å². The molecule has 4 nitrogen and oxygen atoms in total. The first-order chi connectivity index (χ1) is 6.59. The molecule has 0 aromatic rings. The van der Waals surface area contributed by atoms with Crippen LogP contribution in [0.25, 0.3) is 0 Å². The average Bonchev–Trinajstić information content (AvgIpc) is 2.06. The first kappa shape index (κ1) is 10.9. The molecule has 74 valence electrons. The topological polar surface area (TPSA) is 74.6 Å². The molecule has 0 unspecified atom stereocenters. The fraction of sp³-hybridized carbons (Fsp3) is 0.222. The second-order valence-electron chi connectivity index (χ2n) is 2.91. The first-order valence-corrected chi connectivity index (χ1v) is 7.84. The van der Waals surface area contributed by atoms with Gasteiger partial charge in [-0.1, -0.05) is 0 Å². The van der Waals surface area contributed by atoms with Gasteiger partial charge >= 0.3 is 84.8 Å². The molecule has 0 aliphatic carbocycles. The van der Waals surface area contributed by atoms with Crippen LogP contribution in [0.4, 0.5) is 0 Å². The van der Waals surface area contributed by atoms with Crippen molar-refractivity contribution in [3.05, 3.63) is 22.6 Å². The maximum atomic E-state index is 10.5. The summed E-state index contributed by atoms with van der Waals surface area (Å²) in [4.78, 5) is 22.9. The van der Waals surface area contributed by atoms with Gasteiger partial charge in [-0.25, -0.2) is 0 Å². The Morgan fingerprint density at radius 1 is 1.21 bits per heavy atom. The molecule has 5 heteroatoms. The number of hydrogen-bond donors (Lipinski definition) is 2. The van der Waals surface area contributed by atoms with E-state index >= 15 is 0 Å². The van der Waals surface area contributed by atoms with Crippen molar-refractivity contribution in [3.8, 4) is 0 Å². The third-order valence-corrected chi connectivity index (χ3v) is 6.93.